The lowest BCUT2D eigenvalue weighted by Crippen LogP contribution is -2.36. The van der Waals surface area contributed by atoms with Crippen LogP contribution < -0.4 is 0 Å². The SMILES string of the molecule is Cc1cc2c(cc1Cc1ccc(C(=O)N(CCN(C)C)Cc3ccccc3)o1)C(C)(C)CCC2(C)C. The van der Waals surface area contributed by atoms with Crippen molar-refractivity contribution in [1.29, 1.82) is 0 Å². The van der Waals surface area contributed by atoms with Gasteiger partial charge in [-0.1, -0.05) is 70.2 Å². The third-order valence-electron chi connectivity index (χ3n) is 7.87. The summed E-state index contributed by atoms with van der Waals surface area (Å²) in [5.41, 5.74) is 7.00. The van der Waals surface area contributed by atoms with Gasteiger partial charge in [0.2, 0.25) is 0 Å². The molecule has 0 unspecified atom stereocenters. The minimum atomic E-state index is -0.0583. The smallest absolute Gasteiger partial charge is 0.289 e. The molecule has 1 amide bonds. The molecule has 3 aromatic rings. The Morgan fingerprint density at radius 3 is 2.17 bits per heavy atom. The Labute approximate surface area is 217 Å². The highest BCUT2D eigenvalue weighted by molar-refractivity contribution is 5.91. The van der Waals surface area contributed by atoms with Gasteiger partial charge in [-0.3, -0.25) is 4.79 Å². The molecule has 0 saturated carbocycles. The minimum absolute atomic E-state index is 0.0583. The van der Waals surface area contributed by atoms with Gasteiger partial charge in [-0.2, -0.15) is 0 Å². The van der Waals surface area contributed by atoms with Crippen LogP contribution in [0.4, 0.5) is 0 Å². The van der Waals surface area contributed by atoms with Crippen LogP contribution in [0.15, 0.2) is 59.0 Å². The summed E-state index contributed by atoms with van der Waals surface area (Å²) in [5.74, 6) is 1.19. The lowest BCUT2D eigenvalue weighted by atomic mass is 9.62. The fraction of sp³-hybridized carbons (Fsp3) is 0.469. The number of aryl methyl sites for hydroxylation is 1. The van der Waals surface area contributed by atoms with Crippen LogP contribution in [0.5, 0.6) is 0 Å². The Kier molecular flexibility index (Phi) is 7.47. The molecule has 1 heterocycles. The zero-order chi connectivity index (χ0) is 26.1. The average molecular weight is 487 g/mol. The number of amides is 1. The van der Waals surface area contributed by atoms with E-state index in [0.29, 0.717) is 25.3 Å². The van der Waals surface area contributed by atoms with Gasteiger partial charge in [0.15, 0.2) is 5.76 Å². The first-order valence-electron chi connectivity index (χ1n) is 13.2. The van der Waals surface area contributed by atoms with E-state index in [-0.39, 0.29) is 16.7 Å². The first kappa shape index (κ1) is 26.2. The van der Waals surface area contributed by atoms with Gasteiger partial charge in [0.25, 0.3) is 5.91 Å². The van der Waals surface area contributed by atoms with E-state index in [0.717, 1.165) is 17.9 Å². The van der Waals surface area contributed by atoms with E-state index < -0.39 is 0 Å². The van der Waals surface area contributed by atoms with Crippen LogP contribution in [0.25, 0.3) is 0 Å². The van der Waals surface area contributed by atoms with Crippen molar-refractivity contribution in [2.24, 2.45) is 0 Å². The quantitative estimate of drug-likeness (QED) is 0.354. The molecule has 36 heavy (non-hydrogen) atoms. The summed E-state index contributed by atoms with van der Waals surface area (Å²) >= 11 is 0. The Bertz CT molecular complexity index is 1200. The van der Waals surface area contributed by atoms with Crippen LogP contribution in [0, 0.1) is 6.92 Å². The van der Waals surface area contributed by atoms with Gasteiger partial charge in [0.05, 0.1) is 0 Å². The zero-order valence-corrected chi connectivity index (χ0v) is 23.1. The summed E-state index contributed by atoms with van der Waals surface area (Å²) in [6, 6.07) is 18.7. The topological polar surface area (TPSA) is 36.7 Å². The van der Waals surface area contributed by atoms with Crippen molar-refractivity contribution in [2.45, 2.75) is 71.3 Å². The Morgan fingerprint density at radius 1 is 0.889 bits per heavy atom. The van der Waals surface area contributed by atoms with Crippen molar-refractivity contribution in [3.05, 3.63) is 93.9 Å². The predicted octanol–water partition coefficient (Wildman–Crippen LogP) is 6.73. The second-order valence-electron chi connectivity index (χ2n) is 12.1. The number of likely N-dealkylation sites (N-methyl/N-ethyl adjacent to an activating group) is 1. The van der Waals surface area contributed by atoms with Crippen LogP contribution in [0.3, 0.4) is 0 Å². The third kappa shape index (κ3) is 5.75. The number of benzene rings is 2. The second kappa shape index (κ2) is 10.3. The number of hydrogen-bond donors (Lipinski definition) is 0. The van der Waals surface area contributed by atoms with Crippen LogP contribution >= 0.6 is 0 Å². The fourth-order valence-corrected chi connectivity index (χ4v) is 5.27. The molecule has 0 N–H and O–H groups in total. The lowest BCUT2D eigenvalue weighted by molar-refractivity contribution is 0.0698. The van der Waals surface area contributed by atoms with Gasteiger partial charge >= 0.3 is 0 Å². The van der Waals surface area contributed by atoms with E-state index in [1.807, 2.05) is 49.3 Å². The number of fused-ring (bicyclic) bond motifs is 1. The van der Waals surface area contributed by atoms with Crippen molar-refractivity contribution in [1.82, 2.24) is 9.80 Å². The van der Waals surface area contributed by atoms with E-state index in [9.17, 15) is 4.79 Å². The van der Waals surface area contributed by atoms with Crippen molar-refractivity contribution in [3.63, 3.8) is 0 Å². The van der Waals surface area contributed by atoms with Crippen molar-refractivity contribution >= 4 is 5.91 Å². The molecule has 1 aromatic heterocycles. The Hall–Kier alpha value is -2.85. The summed E-state index contributed by atoms with van der Waals surface area (Å²) < 4.78 is 6.16. The van der Waals surface area contributed by atoms with Gasteiger partial charge in [0.1, 0.15) is 5.76 Å². The van der Waals surface area contributed by atoms with E-state index in [1.54, 1.807) is 0 Å². The number of hydrogen-bond acceptors (Lipinski definition) is 3. The summed E-state index contributed by atoms with van der Waals surface area (Å²) in [7, 11) is 4.05. The summed E-state index contributed by atoms with van der Waals surface area (Å²) in [4.78, 5) is 17.4. The molecule has 4 nitrogen and oxygen atoms in total. The maximum absolute atomic E-state index is 13.5. The number of carbonyl (C=O) groups excluding carboxylic acids is 1. The van der Waals surface area contributed by atoms with Crippen molar-refractivity contribution in [2.75, 3.05) is 27.2 Å². The Balaban J connectivity index is 1.56. The first-order valence-corrected chi connectivity index (χ1v) is 13.2. The van der Waals surface area contributed by atoms with E-state index in [1.165, 1.54) is 35.1 Å². The van der Waals surface area contributed by atoms with Gasteiger partial charge in [-0.15, -0.1) is 0 Å². The van der Waals surface area contributed by atoms with Gasteiger partial charge in [-0.05, 0) is 84.6 Å². The number of furan rings is 1. The molecule has 0 radical (unpaired) electrons. The summed E-state index contributed by atoms with van der Waals surface area (Å²) in [6.45, 7) is 13.7. The van der Waals surface area contributed by atoms with Crippen LogP contribution in [0.2, 0.25) is 0 Å². The highest BCUT2D eigenvalue weighted by atomic mass is 16.4. The molecule has 2 aromatic carbocycles. The molecule has 0 saturated heterocycles. The Morgan fingerprint density at radius 2 is 1.53 bits per heavy atom. The molecule has 0 spiro atoms. The monoisotopic (exact) mass is 486 g/mol. The lowest BCUT2D eigenvalue weighted by Gasteiger charge is -2.42. The molecule has 0 aliphatic heterocycles. The fourth-order valence-electron chi connectivity index (χ4n) is 5.27. The van der Waals surface area contributed by atoms with Crippen LogP contribution in [0.1, 0.15) is 84.7 Å². The number of nitrogens with zero attached hydrogens (tertiary/aromatic N) is 2. The zero-order valence-electron chi connectivity index (χ0n) is 23.1. The predicted molar refractivity (Wildman–Crippen MR) is 148 cm³/mol. The summed E-state index contributed by atoms with van der Waals surface area (Å²) in [5, 5.41) is 0. The van der Waals surface area contributed by atoms with Gasteiger partial charge < -0.3 is 14.2 Å². The molecule has 0 fully saturated rings. The second-order valence-corrected chi connectivity index (χ2v) is 12.1. The maximum Gasteiger partial charge on any atom is 0.289 e. The molecule has 4 rings (SSSR count). The van der Waals surface area contributed by atoms with E-state index >= 15 is 0 Å². The molecular weight excluding hydrogens is 444 g/mol. The molecule has 0 bridgehead atoms. The number of carbonyl (C=O) groups is 1. The molecule has 4 heteroatoms. The third-order valence-corrected chi connectivity index (χ3v) is 7.87. The standard InChI is InChI=1S/C32H42N2O2/c1-23-19-27-28(32(4,5)16-15-31(27,2)3)21-25(23)20-26-13-14-29(36-26)30(35)34(18-17-33(6)7)22-24-11-9-8-10-12-24/h8-14,19,21H,15-18,20,22H2,1-7H3. The van der Waals surface area contributed by atoms with Gasteiger partial charge in [-0.25, -0.2) is 0 Å². The van der Waals surface area contributed by atoms with Crippen molar-refractivity contribution in [3.8, 4) is 0 Å². The summed E-state index contributed by atoms with van der Waals surface area (Å²) in [6.07, 6.45) is 3.10. The highest BCUT2D eigenvalue weighted by Crippen LogP contribution is 2.46. The first-order chi connectivity index (χ1) is 17.0. The van der Waals surface area contributed by atoms with Crippen LogP contribution in [-0.4, -0.2) is 42.9 Å². The van der Waals surface area contributed by atoms with Crippen molar-refractivity contribution < 1.29 is 9.21 Å². The van der Waals surface area contributed by atoms with E-state index in [4.69, 9.17) is 4.42 Å². The largest absolute Gasteiger partial charge is 0.456 e. The van der Waals surface area contributed by atoms with Gasteiger partial charge in [0, 0.05) is 26.1 Å². The normalized spacial score (nSPS) is 16.1. The van der Waals surface area contributed by atoms with E-state index in [2.05, 4.69) is 63.8 Å². The highest BCUT2D eigenvalue weighted by Gasteiger charge is 2.37. The molecule has 1 aliphatic carbocycles. The minimum Gasteiger partial charge on any atom is -0.456 e. The van der Waals surface area contributed by atoms with Crippen LogP contribution in [-0.2, 0) is 23.8 Å². The maximum atomic E-state index is 13.5. The average Bonchev–Trinajstić information content (AvgIpc) is 3.29. The number of rotatable bonds is 8. The molecule has 0 atom stereocenters. The molecule has 192 valence electrons. The molecule has 1 aliphatic rings. The molecular formula is C32H42N2O2.